The van der Waals surface area contributed by atoms with Gasteiger partial charge in [-0.15, -0.1) is 0 Å². The lowest BCUT2D eigenvalue weighted by molar-refractivity contribution is -0.115. The van der Waals surface area contributed by atoms with Crippen LogP contribution in [0.3, 0.4) is 0 Å². The van der Waals surface area contributed by atoms with E-state index in [0.717, 1.165) is 32.2 Å². The number of anilines is 1. The highest BCUT2D eigenvalue weighted by molar-refractivity contribution is 9.10. The van der Waals surface area contributed by atoms with Crippen LogP contribution >= 0.6 is 15.9 Å². The number of hydrogen-bond donors (Lipinski definition) is 2. The average Bonchev–Trinajstić information content (AvgIpc) is 2.93. The summed E-state index contributed by atoms with van der Waals surface area (Å²) >= 11 is 3.41. The number of carbonyl (C=O) groups excluding carboxylic acids is 2. The zero-order valence-corrected chi connectivity index (χ0v) is 16.4. The Morgan fingerprint density at radius 3 is 2.46 bits per heavy atom. The maximum absolute atomic E-state index is 12.4. The molecule has 0 saturated carbocycles. The summed E-state index contributed by atoms with van der Waals surface area (Å²) in [6, 6.07) is 11.3. The van der Waals surface area contributed by atoms with Crippen molar-refractivity contribution in [3.05, 3.63) is 63.3 Å². The number of furan rings is 1. The second-order valence-corrected chi connectivity index (χ2v) is 7.11. The van der Waals surface area contributed by atoms with Crippen LogP contribution in [0.2, 0.25) is 0 Å². The van der Waals surface area contributed by atoms with Crippen LogP contribution in [0.1, 0.15) is 27.2 Å². The minimum Gasteiger partial charge on any atom is -0.451 e. The summed E-state index contributed by atoms with van der Waals surface area (Å²) in [5, 5.41) is 6.33. The van der Waals surface area contributed by atoms with E-state index in [1.54, 1.807) is 6.07 Å². The third kappa shape index (κ3) is 3.65. The van der Waals surface area contributed by atoms with Gasteiger partial charge in [-0.3, -0.25) is 9.59 Å². The number of carbonyl (C=O) groups is 2. The molecule has 0 unspecified atom stereocenters. The average molecular weight is 415 g/mol. The molecular weight excluding hydrogens is 396 g/mol. The van der Waals surface area contributed by atoms with Gasteiger partial charge in [0.2, 0.25) is 5.91 Å². The van der Waals surface area contributed by atoms with E-state index in [4.69, 9.17) is 4.42 Å². The smallest absolute Gasteiger partial charge is 0.287 e. The predicted molar refractivity (Wildman–Crippen MR) is 106 cm³/mol. The largest absolute Gasteiger partial charge is 0.451 e. The van der Waals surface area contributed by atoms with Crippen molar-refractivity contribution in [2.45, 2.75) is 20.8 Å². The van der Waals surface area contributed by atoms with Crippen molar-refractivity contribution in [1.29, 1.82) is 0 Å². The van der Waals surface area contributed by atoms with Gasteiger partial charge < -0.3 is 15.1 Å². The number of benzene rings is 2. The van der Waals surface area contributed by atoms with Gasteiger partial charge in [-0.05, 0) is 50.1 Å². The first-order chi connectivity index (χ1) is 12.4. The molecule has 0 spiro atoms. The van der Waals surface area contributed by atoms with E-state index in [-0.39, 0.29) is 18.2 Å². The predicted octanol–water partition coefficient (Wildman–Crippen LogP) is 4.49. The van der Waals surface area contributed by atoms with Crippen LogP contribution in [0.25, 0.3) is 11.0 Å². The minimum atomic E-state index is -0.411. The molecule has 2 N–H and O–H groups in total. The second kappa shape index (κ2) is 7.33. The van der Waals surface area contributed by atoms with Crippen LogP contribution in [0, 0.1) is 20.8 Å². The highest BCUT2D eigenvalue weighted by Gasteiger charge is 2.18. The number of hydrogen-bond acceptors (Lipinski definition) is 3. The number of nitrogens with one attached hydrogen (secondary N) is 2. The fourth-order valence-corrected chi connectivity index (χ4v) is 3.21. The molecule has 2 aromatic carbocycles. The first-order valence-electron chi connectivity index (χ1n) is 8.19. The Bertz CT molecular complexity index is 987. The quantitative estimate of drug-likeness (QED) is 0.660. The van der Waals surface area contributed by atoms with Crippen molar-refractivity contribution in [3.8, 4) is 0 Å². The highest BCUT2D eigenvalue weighted by atomic mass is 79.9. The van der Waals surface area contributed by atoms with Crippen molar-refractivity contribution in [2.75, 3.05) is 11.9 Å². The van der Waals surface area contributed by atoms with Gasteiger partial charge in [0.1, 0.15) is 5.58 Å². The molecular formula is C20H19BrN2O3. The lowest BCUT2D eigenvalue weighted by Gasteiger charge is -2.11. The fraction of sp³-hybridized carbons (Fsp3) is 0.200. The van der Waals surface area contributed by atoms with E-state index in [9.17, 15) is 9.59 Å². The number of aryl methyl sites for hydroxylation is 3. The second-order valence-electron chi connectivity index (χ2n) is 6.19. The molecule has 2 amide bonds. The Morgan fingerprint density at radius 1 is 1.08 bits per heavy atom. The molecule has 0 bridgehead atoms. The van der Waals surface area contributed by atoms with Crippen molar-refractivity contribution in [3.63, 3.8) is 0 Å². The molecule has 5 nitrogen and oxygen atoms in total. The van der Waals surface area contributed by atoms with Crippen LogP contribution in [-0.2, 0) is 4.79 Å². The highest BCUT2D eigenvalue weighted by Crippen LogP contribution is 2.28. The summed E-state index contributed by atoms with van der Waals surface area (Å²) in [6.07, 6.45) is 0. The van der Waals surface area contributed by atoms with Gasteiger partial charge in [-0.1, -0.05) is 34.1 Å². The molecule has 6 heteroatoms. The van der Waals surface area contributed by atoms with E-state index >= 15 is 0 Å². The van der Waals surface area contributed by atoms with Crippen LogP contribution < -0.4 is 10.6 Å². The Balaban J connectivity index is 1.69. The Morgan fingerprint density at radius 2 is 1.77 bits per heavy atom. The number of para-hydroxylation sites is 1. The zero-order chi connectivity index (χ0) is 18.8. The maximum Gasteiger partial charge on any atom is 0.287 e. The number of halogens is 1. The summed E-state index contributed by atoms with van der Waals surface area (Å²) < 4.78 is 6.55. The van der Waals surface area contributed by atoms with E-state index in [0.29, 0.717) is 5.58 Å². The van der Waals surface area contributed by atoms with Crippen molar-refractivity contribution in [1.82, 2.24) is 5.32 Å². The third-order valence-corrected chi connectivity index (χ3v) is 4.75. The van der Waals surface area contributed by atoms with E-state index in [1.165, 1.54) is 0 Å². The molecule has 0 saturated heterocycles. The molecule has 1 aromatic heterocycles. The van der Waals surface area contributed by atoms with Crippen molar-refractivity contribution in [2.24, 2.45) is 0 Å². The monoisotopic (exact) mass is 414 g/mol. The Hall–Kier alpha value is -2.60. The van der Waals surface area contributed by atoms with Crippen molar-refractivity contribution < 1.29 is 14.0 Å². The Kier molecular flexibility index (Phi) is 5.13. The summed E-state index contributed by atoms with van der Waals surface area (Å²) in [6.45, 7) is 5.55. The number of fused-ring (bicyclic) bond motifs is 1. The van der Waals surface area contributed by atoms with Gasteiger partial charge in [0.25, 0.3) is 5.91 Å². The molecule has 134 valence electrons. The van der Waals surface area contributed by atoms with E-state index in [2.05, 4.69) is 26.6 Å². The number of rotatable bonds is 4. The zero-order valence-electron chi connectivity index (χ0n) is 14.8. The molecule has 3 aromatic rings. The third-order valence-electron chi connectivity index (χ3n) is 4.26. The first-order valence-corrected chi connectivity index (χ1v) is 8.99. The van der Waals surface area contributed by atoms with Gasteiger partial charge in [0.15, 0.2) is 5.76 Å². The first kappa shape index (κ1) is 18.2. The molecule has 0 aliphatic rings. The number of amides is 2. The van der Waals surface area contributed by atoms with Crippen LogP contribution in [-0.4, -0.2) is 18.4 Å². The van der Waals surface area contributed by atoms with Gasteiger partial charge >= 0.3 is 0 Å². The molecule has 0 aliphatic carbocycles. The Labute approximate surface area is 159 Å². The maximum atomic E-state index is 12.4. The molecule has 0 radical (unpaired) electrons. The lowest BCUT2D eigenvalue weighted by Crippen LogP contribution is -2.33. The van der Waals surface area contributed by atoms with Gasteiger partial charge in [0, 0.05) is 21.1 Å². The molecule has 0 atom stereocenters. The van der Waals surface area contributed by atoms with Crippen molar-refractivity contribution >= 4 is 44.4 Å². The summed E-state index contributed by atoms with van der Waals surface area (Å²) in [5.74, 6) is -0.475. The topological polar surface area (TPSA) is 71.3 Å². The molecule has 3 rings (SSSR count). The summed E-state index contributed by atoms with van der Waals surface area (Å²) in [7, 11) is 0. The van der Waals surface area contributed by atoms with Gasteiger partial charge in [-0.25, -0.2) is 0 Å². The SMILES string of the molecule is Cc1cccc(C)c1NC(=O)CNC(=O)c1oc2ccc(Br)cc2c1C. The normalized spacial score (nSPS) is 10.8. The van der Waals surface area contributed by atoms with Gasteiger partial charge in [0.05, 0.1) is 6.54 Å². The van der Waals surface area contributed by atoms with E-state index in [1.807, 2.05) is 51.1 Å². The molecule has 1 heterocycles. The summed E-state index contributed by atoms with van der Waals surface area (Å²) in [4.78, 5) is 24.6. The summed E-state index contributed by atoms with van der Waals surface area (Å²) in [5.41, 5.74) is 4.10. The standard InChI is InChI=1S/C20H19BrN2O3/c1-11-5-4-6-12(2)18(11)23-17(24)10-22-20(25)19-13(3)15-9-14(21)7-8-16(15)26-19/h4-9H,10H2,1-3H3,(H,22,25)(H,23,24). The van der Waals surface area contributed by atoms with E-state index < -0.39 is 5.91 Å². The molecule has 0 aliphatic heterocycles. The molecule has 26 heavy (non-hydrogen) atoms. The van der Waals surface area contributed by atoms with Crippen LogP contribution in [0.4, 0.5) is 5.69 Å². The lowest BCUT2D eigenvalue weighted by atomic mass is 10.1. The van der Waals surface area contributed by atoms with Crippen LogP contribution in [0.15, 0.2) is 45.3 Å². The minimum absolute atomic E-state index is 0.132. The van der Waals surface area contributed by atoms with Crippen LogP contribution in [0.5, 0.6) is 0 Å². The molecule has 0 fully saturated rings. The van der Waals surface area contributed by atoms with Gasteiger partial charge in [-0.2, -0.15) is 0 Å². The fourth-order valence-electron chi connectivity index (χ4n) is 2.85.